The van der Waals surface area contributed by atoms with Gasteiger partial charge >= 0.3 is 0 Å². The Morgan fingerprint density at radius 1 is 1.26 bits per heavy atom. The molecule has 0 aromatic carbocycles. The van der Waals surface area contributed by atoms with Gasteiger partial charge in [-0.05, 0) is 76.3 Å². The smallest absolute Gasteiger partial charge is 0.213 e. The van der Waals surface area contributed by atoms with Crippen molar-refractivity contribution in [2.75, 3.05) is 20.2 Å². The van der Waals surface area contributed by atoms with E-state index in [-0.39, 0.29) is 5.82 Å². The summed E-state index contributed by atoms with van der Waals surface area (Å²) >= 11 is 4.83. The van der Waals surface area contributed by atoms with E-state index in [9.17, 15) is 4.39 Å². The first-order valence-corrected chi connectivity index (χ1v) is 9.87. The van der Waals surface area contributed by atoms with Gasteiger partial charge in [-0.15, -0.1) is 0 Å². The van der Waals surface area contributed by atoms with Crippen LogP contribution in [-0.4, -0.2) is 35.1 Å². The summed E-state index contributed by atoms with van der Waals surface area (Å²) in [6.45, 7) is 7.73. The SMILES string of the molecule is COc1ccc(F)c([C@](C)(S)N2CCC[C@H](Cc3cc(C)nc(C)c3)C2)n1. The first kappa shape index (κ1) is 20.1. The van der Waals surface area contributed by atoms with Gasteiger partial charge in [0.05, 0.1) is 7.11 Å². The summed E-state index contributed by atoms with van der Waals surface area (Å²) in [6.07, 6.45) is 3.23. The number of nitrogens with zero attached hydrogens (tertiary/aromatic N) is 3. The zero-order valence-corrected chi connectivity index (χ0v) is 17.4. The Bertz CT molecular complexity index is 792. The lowest BCUT2D eigenvalue weighted by molar-refractivity contribution is 0.107. The summed E-state index contributed by atoms with van der Waals surface area (Å²) in [6, 6.07) is 7.26. The number of hydrogen-bond donors (Lipinski definition) is 1. The number of aromatic nitrogens is 2. The molecule has 3 rings (SSSR count). The zero-order chi connectivity index (χ0) is 19.6. The Labute approximate surface area is 166 Å². The van der Waals surface area contributed by atoms with E-state index in [0.717, 1.165) is 43.7 Å². The molecule has 6 heteroatoms. The number of likely N-dealkylation sites (tertiary alicyclic amines) is 1. The highest BCUT2D eigenvalue weighted by molar-refractivity contribution is 7.81. The van der Waals surface area contributed by atoms with E-state index in [1.54, 1.807) is 0 Å². The molecule has 1 saturated heterocycles. The second-order valence-electron chi connectivity index (χ2n) is 7.62. The monoisotopic (exact) mass is 389 g/mol. The van der Waals surface area contributed by atoms with Crippen molar-refractivity contribution in [1.29, 1.82) is 0 Å². The van der Waals surface area contributed by atoms with E-state index < -0.39 is 4.87 Å². The van der Waals surface area contributed by atoms with E-state index in [0.29, 0.717) is 17.5 Å². The molecule has 146 valence electrons. The fourth-order valence-corrected chi connectivity index (χ4v) is 4.36. The molecule has 0 aliphatic carbocycles. The number of aryl methyl sites for hydroxylation is 2. The van der Waals surface area contributed by atoms with Crippen molar-refractivity contribution < 1.29 is 9.13 Å². The van der Waals surface area contributed by atoms with Crippen LogP contribution in [0.25, 0.3) is 0 Å². The number of thiol groups is 1. The van der Waals surface area contributed by atoms with E-state index in [1.165, 1.54) is 24.8 Å². The number of piperidine rings is 1. The molecule has 1 fully saturated rings. The Morgan fingerprint density at radius 2 is 1.96 bits per heavy atom. The van der Waals surface area contributed by atoms with E-state index in [2.05, 4.69) is 27.0 Å². The number of ether oxygens (including phenoxy) is 1. The van der Waals surface area contributed by atoms with Crippen molar-refractivity contribution in [2.24, 2.45) is 5.92 Å². The minimum absolute atomic E-state index is 0.321. The molecular formula is C21H28FN3OS. The lowest BCUT2D eigenvalue weighted by Gasteiger charge is -2.42. The van der Waals surface area contributed by atoms with E-state index >= 15 is 0 Å². The molecule has 2 aromatic rings. The van der Waals surface area contributed by atoms with E-state index in [1.807, 2.05) is 20.8 Å². The summed E-state index contributed by atoms with van der Waals surface area (Å²) in [5, 5.41) is 0. The summed E-state index contributed by atoms with van der Waals surface area (Å²) in [5.41, 5.74) is 3.75. The van der Waals surface area contributed by atoms with Crippen LogP contribution in [0.15, 0.2) is 24.3 Å². The maximum Gasteiger partial charge on any atom is 0.213 e. The minimum Gasteiger partial charge on any atom is -0.481 e. The predicted molar refractivity (Wildman–Crippen MR) is 109 cm³/mol. The highest BCUT2D eigenvalue weighted by atomic mass is 32.1. The van der Waals surface area contributed by atoms with Crippen LogP contribution in [0.5, 0.6) is 5.88 Å². The van der Waals surface area contributed by atoms with Crippen LogP contribution in [0, 0.1) is 25.6 Å². The van der Waals surface area contributed by atoms with Gasteiger partial charge < -0.3 is 4.74 Å². The topological polar surface area (TPSA) is 38.2 Å². The van der Waals surface area contributed by atoms with Gasteiger partial charge in [-0.1, -0.05) is 0 Å². The highest BCUT2D eigenvalue weighted by Gasteiger charge is 2.37. The fraction of sp³-hybridized carbons (Fsp3) is 0.524. The molecule has 27 heavy (non-hydrogen) atoms. The van der Waals surface area contributed by atoms with Crippen LogP contribution in [0.2, 0.25) is 0 Å². The van der Waals surface area contributed by atoms with Gasteiger partial charge in [0.1, 0.15) is 16.4 Å². The predicted octanol–water partition coefficient (Wildman–Crippen LogP) is 4.30. The first-order chi connectivity index (χ1) is 12.8. The van der Waals surface area contributed by atoms with Crippen LogP contribution >= 0.6 is 12.6 Å². The number of pyridine rings is 2. The van der Waals surface area contributed by atoms with Crippen LogP contribution in [0.1, 0.15) is 42.4 Å². The van der Waals surface area contributed by atoms with Crippen molar-refractivity contribution in [3.8, 4) is 5.88 Å². The normalized spacial score (nSPS) is 20.3. The molecule has 0 saturated carbocycles. The number of halogens is 1. The zero-order valence-electron chi connectivity index (χ0n) is 16.5. The van der Waals surface area contributed by atoms with Gasteiger partial charge in [-0.25, -0.2) is 9.37 Å². The second kappa shape index (κ2) is 8.15. The Hall–Kier alpha value is -1.66. The maximum absolute atomic E-state index is 14.5. The number of hydrogen-bond acceptors (Lipinski definition) is 5. The molecular weight excluding hydrogens is 361 g/mol. The Kier molecular flexibility index (Phi) is 6.06. The van der Waals surface area contributed by atoms with Gasteiger partial charge in [0.15, 0.2) is 0 Å². The highest BCUT2D eigenvalue weighted by Crippen LogP contribution is 2.37. The Morgan fingerprint density at radius 3 is 2.63 bits per heavy atom. The lowest BCUT2D eigenvalue weighted by atomic mass is 9.90. The third-order valence-corrected chi connectivity index (χ3v) is 5.77. The standard InChI is InChI=1S/C21H28FN3OS/c1-14-10-17(11-15(2)23-14)12-16-6-5-9-25(13-16)21(3,27)20-18(22)7-8-19(24-20)26-4/h7-8,10-11,16,27H,5-6,9,12-13H2,1-4H3/t16-,21+/m1/s1. The molecule has 1 aliphatic heterocycles. The summed E-state index contributed by atoms with van der Waals surface area (Å²) < 4.78 is 19.7. The van der Waals surface area contributed by atoms with Crippen molar-refractivity contribution >= 4 is 12.6 Å². The summed E-state index contributed by atoms with van der Waals surface area (Å²) in [5.74, 6) is 0.555. The molecule has 2 atom stereocenters. The molecule has 2 aromatic heterocycles. The third kappa shape index (κ3) is 4.61. The molecule has 0 radical (unpaired) electrons. The summed E-state index contributed by atoms with van der Waals surface area (Å²) in [4.78, 5) is 10.3. The molecule has 4 nitrogen and oxygen atoms in total. The van der Waals surface area contributed by atoms with Crippen molar-refractivity contribution in [3.05, 3.63) is 52.7 Å². The average Bonchev–Trinajstić information content (AvgIpc) is 2.61. The number of rotatable bonds is 5. The molecule has 3 heterocycles. The molecule has 0 N–H and O–H groups in total. The van der Waals surface area contributed by atoms with Crippen molar-refractivity contribution in [3.63, 3.8) is 0 Å². The molecule has 0 unspecified atom stereocenters. The van der Waals surface area contributed by atoms with Gasteiger partial charge in [0.2, 0.25) is 5.88 Å². The molecule has 0 spiro atoms. The first-order valence-electron chi connectivity index (χ1n) is 9.42. The van der Waals surface area contributed by atoms with Gasteiger partial charge in [-0.2, -0.15) is 12.6 Å². The Balaban J connectivity index is 1.78. The lowest BCUT2D eigenvalue weighted by Crippen LogP contribution is -2.47. The third-order valence-electron chi connectivity index (χ3n) is 5.28. The molecule has 1 aliphatic rings. The maximum atomic E-state index is 14.5. The van der Waals surface area contributed by atoms with Crippen LogP contribution in [0.3, 0.4) is 0 Å². The summed E-state index contributed by atoms with van der Waals surface area (Å²) in [7, 11) is 1.54. The average molecular weight is 390 g/mol. The number of methoxy groups -OCH3 is 1. The largest absolute Gasteiger partial charge is 0.481 e. The second-order valence-corrected chi connectivity index (χ2v) is 8.49. The van der Waals surface area contributed by atoms with Crippen LogP contribution in [-0.2, 0) is 11.3 Å². The van der Waals surface area contributed by atoms with Gasteiger partial charge in [0, 0.05) is 24.0 Å². The van der Waals surface area contributed by atoms with Gasteiger partial charge in [0.25, 0.3) is 0 Å². The molecule has 0 bridgehead atoms. The van der Waals surface area contributed by atoms with Crippen molar-refractivity contribution in [1.82, 2.24) is 14.9 Å². The van der Waals surface area contributed by atoms with E-state index in [4.69, 9.17) is 17.4 Å². The minimum atomic E-state index is -0.790. The van der Waals surface area contributed by atoms with Crippen LogP contribution < -0.4 is 4.74 Å². The molecule has 0 amide bonds. The quantitative estimate of drug-likeness (QED) is 0.774. The van der Waals surface area contributed by atoms with Gasteiger partial charge in [-0.3, -0.25) is 9.88 Å². The van der Waals surface area contributed by atoms with Crippen LogP contribution in [0.4, 0.5) is 4.39 Å². The van der Waals surface area contributed by atoms with Crippen molar-refractivity contribution in [2.45, 2.75) is 44.9 Å². The fourth-order valence-electron chi connectivity index (χ4n) is 4.02.